The third kappa shape index (κ3) is 3.60. The predicted octanol–water partition coefficient (Wildman–Crippen LogP) is 1.90. The number of benzene rings is 1. The van der Waals surface area contributed by atoms with Gasteiger partial charge >= 0.3 is 0 Å². The fourth-order valence-electron chi connectivity index (χ4n) is 3.14. The maximum Gasteiger partial charge on any atom is 0.262 e. The molecule has 0 spiro atoms. The molecule has 1 aliphatic heterocycles. The fourth-order valence-corrected chi connectivity index (χ4v) is 3.14. The summed E-state index contributed by atoms with van der Waals surface area (Å²) in [5.41, 5.74) is 4.98. The van der Waals surface area contributed by atoms with E-state index in [4.69, 9.17) is 9.47 Å². The minimum absolute atomic E-state index is 0.0590. The molecule has 24 heavy (non-hydrogen) atoms. The van der Waals surface area contributed by atoms with Gasteiger partial charge in [-0.25, -0.2) is 5.43 Å². The number of morpholine rings is 1. The van der Waals surface area contributed by atoms with E-state index < -0.39 is 0 Å². The van der Waals surface area contributed by atoms with Crippen LogP contribution in [0.25, 0.3) is 0 Å². The predicted molar refractivity (Wildman–Crippen MR) is 89.0 cm³/mol. The van der Waals surface area contributed by atoms with E-state index in [9.17, 15) is 9.59 Å². The molecule has 2 unspecified atom stereocenters. The lowest BCUT2D eigenvalue weighted by molar-refractivity contribution is -0.156. The summed E-state index contributed by atoms with van der Waals surface area (Å²) in [7, 11) is 0. The Balaban J connectivity index is 1.59. The van der Waals surface area contributed by atoms with Crippen LogP contribution in [0, 0.1) is 0 Å². The molecule has 1 fully saturated rings. The zero-order valence-corrected chi connectivity index (χ0v) is 14.4. The summed E-state index contributed by atoms with van der Waals surface area (Å²) >= 11 is 0. The summed E-state index contributed by atoms with van der Waals surface area (Å²) in [6.07, 6.45) is 0.393. The maximum atomic E-state index is 11.8. The van der Waals surface area contributed by atoms with Crippen LogP contribution in [0.5, 0.6) is 5.75 Å². The van der Waals surface area contributed by atoms with Gasteiger partial charge in [0.15, 0.2) is 5.78 Å². The first-order valence-electron chi connectivity index (χ1n) is 8.42. The average molecular weight is 332 g/mol. The van der Waals surface area contributed by atoms with Crippen LogP contribution >= 0.6 is 0 Å². The van der Waals surface area contributed by atoms with E-state index in [0.717, 1.165) is 16.9 Å². The van der Waals surface area contributed by atoms with Crippen LogP contribution < -0.4 is 10.2 Å². The van der Waals surface area contributed by atoms with Gasteiger partial charge in [0.25, 0.3) is 5.91 Å². The van der Waals surface area contributed by atoms with E-state index in [0.29, 0.717) is 19.6 Å². The van der Waals surface area contributed by atoms with Crippen molar-refractivity contribution in [2.24, 2.45) is 0 Å². The molecule has 1 saturated heterocycles. The van der Waals surface area contributed by atoms with Crippen molar-refractivity contribution in [3.63, 3.8) is 0 Å². The van der Waals surface area contributed by atoms with Crippen LogP contribution in [-0.2, 0) is 9.53 Å². The van der Waals surface area contributed by atoms with Crippen molar-refractivity contribution >= 4 is 11.7 Å². The van der Waals surface area contributed by atoms with E-state index in [2.05, 4.69) is 12.3 Å². The Labute approximate surface area is 142 Å². The van der Waals surface area contributed by atoms with Gasteiger partial charge < -0.3 is 9.47 Å². The minimum atomic E-state index is -0.179. The van der Waals surface area contributed by atoms with Gasteiger partial charge in [0.05, 0.1) is 6.54 Å². The van der Waals surface area contributed by atoms with Gasteiger partial charge in [-0.1, -0.05) is 6.92 Å². The standard InChI is InChI=1S/C18H24N2O4/c1-11(2)19-20-8-14(24-10-18(20)22)9-23-13-4-5-15-16(7-13)12(3)6-17(15)21/h4-5,7,11-12,14,19H,6,8-10H2,1-3H3. The molecule has 1 amide bonds. The number of nitrogens with zero attached hydrogens (tertiary/aromatic N) is 1. The van der Waals surface area contributed by atoms with Crippen molar-refractivity contribution in [1.82, 2.24) is 10.4 Å². The number of hydrogen-bond acceptors (Lipinski definition) is 5. The monoisotopic (exact) mass is 332 g/mol. The molecule has 6 heteroatoms. The minimum Gasteiger partial charge on any atom is -0.491 e. The number of rotatable bonds is 5. The number of nitrogens with one attached hydrogen (secondary N) is 1. The van der Waals surface area contributed by atoms with Crippen molar-refractivity contribution in [1.29, 1.82) is 0 Å². The molecule has 1 heterocycles. The normalized spacial score (nSPS) is 23.8. The lowest BCUT2D eigenvalue weighted by Gasteiger charge is -2.34. The molecule has 1 aliphatic carbocycles. The Hall–Kier alpha value is -1.92. The number of carbonyl (C=O) groups is 2. The molecule has 0 bridgehead atoms. The molecule has 1 aromatic rings. The molecule has 2 atom stereocenters. The maximum absolute atomic E-state index is 11.8. The number of amides is 1. The Morgan fingerprint density at radius 1 is 1.38 bits per heavy atom. The van der Waals surface area contributed by atoms with Crippen LogP contribution in [0.3, 0.4) is 0 Å². The second-order valence-electron chi connectivity index (χ2n) is 6.81. The Morgan fingerprint density at radius 3 is 2.92 bits per heavy atom. The van der Waals surface area contributed by atoms with Gasteiger partial charge in [-0.2, -0.15) is 0 Å². The molecule has 2 aliphatic rings. The van der Waals surface area contributed by atoms with Crippen LogP contribution in [0.4, 0.5) is 0 Å². The highest BCUT2D eigenvalue weighted by molar-refractivity contribution is 6.01. The SMILES string of the molecule is CC(C)NN1CC(COc2ccc3c(c2)C(C)CC3=O)OCC1=O. The largest absolute Gasteiger partial charge is 0.491 e. The quantitative estimate of drug-likeness (QED) is 0.892. The lowest BCUT2D eigenvalue weighted by Crippen LogP contribution is -2.56. The first-order chi connectivity index (χ1) is 11.4. The Morgan fingerprint density at radius 2 is 2.17 bits per heavy atom. The molecule has 130 valence electrons. The summed E-state index contributed by atoms with van der Waals surface area (Å²) < 4.78 is 11.4. The second-order valence-corrected chi connectivity index (χ2v) is 6.81. The molecule has 0 radical (unpaired) electrons. The van der Waals surface area contributed by atoms with Crippen molar-refractivity contribution in [2.45, 2.75) is 45.3 Å². The lowest BCUT2D eigenvalue weighted by atomic mass is 10.0. The topological polar surface area (TPSA) is 67.9 Å². The first kappa shape index (κ1) is 16.9. The van der Waals surface area contributed by atoms with Gasteiger partial charge in [0, 0.05) is 18.0 Å². The number of ketones is 1. The molecule has 1 aromatic carbocycles. The number of hydrogen-bond donors (Lipinski definition) is 1. The van der Waals surface area contributed by atoms with Gasteiger partial charge in [-0.3, -0.25) is 14.6 Å². The fraction of sp³-hybridized carbons (Fsp3) is 0.556. The zero-order valence-electron chi connectivity index (χ0n) is 14.4. The van der Waals surface area contributed by atoms with E-state index in [1.54, 1.807) is 5.01 Å². The van der Waals surface area contributed by atoms with Gasteiger partial charge in [-0.15, -0.1) is 0 Å². The Kier molecular flexibility index (Phi) is 4.87. The summed E-state index contributed by atoms with van der Waals surface area (Å²) in [6.45, 7) is 6.91. The average Bonchev–Trinajstić information content (AvgIpc) is 2.82. The first-order valence-corrected chi connectivity index (χ1v) is 8.42. The molecular weight excluding hydrogens is 308 g/mol. The highest BCUT2D eigenvalue weighted by Crippen LogP contribution is 2.34. The molecule has 3 rings (SSSR count). The number of Topliss-reactive ketones (excluding diaryl/α,β-unsaturated/α-hetero) is 1. The van der Waals surface area contributed by atoms with E-state index >= 15 is 0 Å². The molecular formula is C18H24N2O4. The smallest absolute Gasteiger partial charge is 0.262 e. The van der Waals surface area contributed by atoms with Crippen molar-refractivity contribution in [3.05, 3.63) is 29.3 Å². The molecule has 0 aromatic heterocycles. The molecule has 0 saturated carbocycles. The van der Waals surface area contributed by atoms with Crippen LogP contribution in [0.2, 0.25) is 0 Å². The second kappa shape index (κ2) is 6.91. The van der Waals surface area contributed by atoms with E-state index in [1.807, 2.05) is 32.0 Å². The third-order valence-electron chi connectivity index (χ3n) is 4.33. The number of hydrazine groups is 1. The zero-order chi connectivity index (χ0) is 17.3. The summed E-state index contributed by atoms with van der Waals surface area (Å²) in [5.74, 6) is 1.11. The highest BCUT2D eigenvalue weighted by atomic mass is 16.5. The summed E-state index contributed by atoms with van der Waals surface area (Å²) in [6, 6.07) is 5.80. The van der Waals surface area contributed by atoms with Crippen molar-refractivity contribution in [2.75, 3.05) is 19.8 Å². The van der Waals surface area contributed by atoms with Crippen LogP contribution in [0.15, 0.2) is 18.2 Å². The van der Waals surface area contributed by atoms with Crippen molar-refractivity contribution in [3.8, 4) is 5.75 Å². The molecule has 1 N–H and O–H groups in total. The number of carbonyl (C=O) groups excluding carboxylic acids is 2. The molecule has 6 nitrogen and oxygen atoms in total. The van der Waals surface area contributed by atoms with Crippen molar-refractivity contribution < 1.29 is 19.1 Å². The summed E-state index contributed by atoms with van der Waals surface area (Å²) in [4.78, 5) is 23.7. The summed E-state index contributed by atoms with van der Waals surface area (Å²) in [5, 5.41) is 1.60. The van der Waals surface area contributed by atoms with Gasteiger partial charge in [-0.05, 0) is 43.5 Å². The van der Waals surface area contributed by atoms with E-state index in [-0.39, 0.29) is 36.4 Å². The third-order valence-corrected chi connectivity index (χ3v) is 4.33. The van der Waals surface area contributed by atoms with Gasteiger partial charge in [0.1, 0.15) is 25.1 Å². The van der Waals surface area contributed by atoms with Crippen LogP contribution in [0.1, 0.15) is 49.0 Å². The number of fused-ring (bicyclic) bond motifs is 1. The van der Waals surface area contributed by atoms with Gasteiger partial charge in [0.2, 0.25) is 0 Å². The Bertz CT molecular complexity index is 644. The van der Waals surface area contributed by atoms with E-state index in [1.165, 1.54) is 0 Å². The number of ether oxygens (including phenoxy) is 2. The van der Waals surface area contributed by atoms with Crippen LogP contribution in [-0.4, -0.2) is 48.6 Å². The highest BCUT2D eigenvalue weighted by Gasteiger charge is 2.28.